The molecule has 0 aliphatic heterocycles. The number of halogens is 1. The van der Waals surface area contributed by atoms with Gasteiger partial charge >= 0.3 is 0 Å². The van der Waals surface area contributed by atoms with E-state index in [0.29, 0.717) is 43.2 Å². The second-order valence-corrected chi connectivity index (χ2v) is 10.3. The maximum absolute atomic E-state index is 16.2. The fourth-order valence-electron chi connectivity index (χ4n) is 7.75. The summed E-state index contributed by atoms with van der Waals surface area (Å²) in [6, 6.07) is 0. The molecule has 4 fully saturated rings. The zero-order valence-electron chi connectivity index (χ0n) is 16.2. The summed E-state index contributed by atoms with van der Waals surface area (Å²) in [5, 5.41) is 10.4. The van der Waals surface area contributed by atoms with Crippen LogP contribution in [0.15, 0.2) is 0 Å². The number of hydrogen-bond donors (Lipinski definition) is 1. The minimum absolute atomic E-state index is 0.0383. The van der Waals surface area contributed by atoms with Crippen LogP contribution in [0, 0.1) is 35.0 Å². The van der Waals surface area contributed by atoms with Gasteiger partial charge in [0, 0.05) is 5.92 Å². The Bertz CT molecular complexity index is 564. The molecule has 4 saturated carbocycles. The molecule has 0 aromatic heterocycles. The van der Waals surface area contributed by atoms with Crippen LogP contribution in [-0.2, 0) is 4.79 Å². The summed E-state index contributed by atoms with van der Waals surface area (Å²) in [6.07, 6.45) is 8.54. The first-order chi connectivity index (χ1) is 11.7. The minimum Gasteiger partial charge on any atom is -0.390 e. The summed E-state index contributed by atoms with van der Waals surface area (Å²) in [5.41, 5.74) is -1.64. The van der Waals surface area contributed by atoms with Crippen LogP contribution in [0.25, 0.3) is 0 Å². The number of hydrogen-bond acceptors (Lipinski definition) is 2. The van der Waals surface area contributed by atoms with E-state index in [4.69, 9.17) is 0 Å². The quantitative estimate of drug-likeness (QED) is 0.773. The Kier molecular flexibility index (Phi) is 4.19. The highest BCUT2D eigenvalue weighted by molar-refractivity contribution is 6.20. The number of aliphatic hydroxyl groups is 1. The summed E-state index contributed by atoms with van der Waals surface area (Å²) in [4.78, 5) is 12.5. The molecule has 0 spiro atoms. The molecule has 1 N–H and O–H groups in total. The molecule has 140 valence electrons. The zero-order valence-corrected chi connectivity index (χ0v) is 16.2. The summed E-state index contributed by atoms with van der Waals surface area (Å²) >= 11 is 0. The zero-order chi connectivity index (χ0) is 18.0. The minimum atomic E-state index is -1.07. The Balaban J connectivity index is 1.59. The molecule has 0 bridgehead atoms. The number of ketones is 1. The van der Waals surface area contributed by atoms with Gasteiger partial charge in [0.15, 0.2) is 0 Å². The number of carbonyl (C=O) groups is 1. The van der Waals surface area contributed by atoms with Gasteiger partial charge in [-0.15, -0.1) is 0 Å². The van der Waals surface area contributed by atoms with Gasteiger partial charge < -0.3 is 9.90 Å². The first-order valence-corrected chi connectivity index (χ1v) is 10.7. The van der Waals surface area contributed by atoms with Gasteiger partial charge in [-0.2, -0.15) is 0 Å². The van der Waals surface area contributed by atoms with E-state index < -0.39 is 11.3 Å². The number of alkyl halides is 1. The van der Waals surface area contributed by atoms with E-state index in [1.54, 1.807) is 0 Å². The molecule has 4 heteroatoms. The van der Waals surface area contributed by atoms with Gasteiger partial charge in [-0.1, -0.05) is 6.92 Å². The average molecular weight is 348 g/mol. The first kappa shape index (κ1) is 18.0. The van der Waals surface area contributed by atoms with Crippen LogP contribution in [0.3, 0.4) is 0 Å². The Morgan fingerprint density at radius 1 is 1.08 bits per heavy atom. The van der Waals surface area contributed by atoms with Crippen molar-refractivity contribution >= 4 is 13.6 Å². The Hall–Kier alpha value is -0.375. The summed E-state index contributed by atoms with van der Waals surface area (Å²) in [6.45, 7) is 4.22. The van der Waals surface area contributed by atoms with Crippen molar-refractivity contribution in [2.24, 2.45) is 35.0 Å². The van der Waals surface area contributed by atoms with Crippen LogP contribution in [0.1, 0.15) is 71.6 Å². The SMILES string of the molecule is BCC(=O)[C@H]1CCC2[C@@H]3CC[C@@H]4C[C@](C)(O)CC[C@]4(F)C3CC[C@@]21C. The predicted molar refractivity (Wildman–Crippen MR) is 99.9 cm³/mol. The molecule has 25 heavy (non-hydrogen) atoms. The highest BCUT2D eigenvalue weighted by Crippen LogP contribution is 2.66. The second-order valence-electron chi connectivity index (χ2n) is 10.3. The average Bonchev–Trinajstić information content (AvgIpc) is 2.92. The van der Waals surface area contributed by atoms with E-state index in [1.165, 1.54) is 0 Å². The van der Waals surface area contributed by atoms with Crippen LogP contribution < -0.4 is 0 Å². The lowest BCUT2D eigenvalue weighted by atomic mass is 9.47. The maximum atomic E-state index is 16.2. The van der Waals surface area contributed by atoms with Gasteiger partial charge in [-0.05, 0) is 100 Å². The van der Waals surface area contributed by atoms with E-state index in [2.05, 4.69) is 6.92 Å². The standard InChI is InChI=1S/C21H34BFO2/c1-19(25)9-10-21(23)13(11-19)3-4-14-15-5-6-17(18(24)12-22)20(15,2)8-7-16(14)21/h13-17,25H,3-12,22H2,1-2H3/t13-,14+,15?,16?,17-,19-,20+,21-/m1/s1. The number of fused-ring (bicyclic) bond motifs is 5. The fourth-order valence-corrected chi connectivity index (χ4v) is 7.75. The molecule has 0 radical (unpaired) electrons. The lowest BCUT2D eigenvalue weighted by Crippen LogP contribution is -2.58. The number of rotatable bonds is 2. The summed E-state index contributed by atoms with van der Waals surface area (Å²) < 4.78 is 16.2. The third kappa shape index (κ3) is 2.57. The Morgan fingerprint density at radius 2 is 1.84 bits per heavy atom. The maximum Gasteiger partial charge on any atom is 0.128 e. The topological polar surface area (TPSA) is 37.3 Å². The van der Waals surface area contributed by atoms with E-state index >= 15 is 4.39 Å². The monoisotopic (exact) mass is 348 g/mol. The van der Waals surface area contributed by atoms with Gasteiger partial charge in [0.25, 0.3) is 0 Å². The van der Waals surface area contributed by atoms with Gasteiger partial charge in [0.1, 0.15) is 19.3 Å². The smallest absolute Gasteiger partial charge is 0.128 e. The second kappa shape index (κ2) is 5.81. The molecule has 0 saturated heterocycles. The predicted octanol–water partition coefficient (Wildman–Crippen LogP) is 3.72. The molecule has 0 amide bonds. The van der Waals surface area contributed by atoms with Gasteiger partial charge in [0.2, 0.25) is 0 Å². The van der Waals surface area contributed by atoms with E-state index in [-0.39, 0.29) is 23.2 Å². The fraction of sp³-hybridized carbons (Fsp3) is 0.952. The van der Waals surface area contributed by atoms with Gasteiger partial charge in [-0.3, -0.25) is 0 Å². The van der Waals surface area contributed by atoms with Crippen LogP contribution in [0.5, 0.6) is 0 Å². The largest absolute Gasteiger partial charge is 0.390 e. The van der Waals surface area contributed by atoms with Crippen LogP contribution in [0.4, 0.5) is 4.39 Å². The summed E-state index contributed by atoms with van der Waals surface area (Å²) in [7, 11) is 1.99. The normalized spacial score (nSPS) is 55.1. The molecule has 0 aromatic rings. The van der Waals surface area contributed by atoms with E-state index in [9.17, 15) is 9.90 Å². The van der Waals surface area contributed by atoms with Crippen LogP contribution >= 0.6 is 0 Å². The van der Waals surface area contributed by atoms with Crippen molar-refractivity contribution in [2.45, 2.75) is 89.2 Å². The molecule has 8 atom stereocenters. The van der Waals surface area contributed by atoms with Crippen molar-refractivity contribution in [3.8, 4) is 0 Å². The summed E-state index contributed by atoms with van der Waals surface area (Å²) in [5.74, 6) is 1.83. The van der Waals surface area contributed by atoms with Crippen LogP contribution in [0.2, 0.25) is 6.32 Å². The lowest BCUT2D eigenvalue weighted by Gasteiger charge is -2.59. The molecular weight excluding hydrogens is 314 g/mol. The Morgan fingerprint density at radius 3 is 2.56 bits per heavy atom. The third-order valence-electron chi connectivity index (χ3n) is 9.05. The van der Waals surface area contributed by atoms with Crippen molar-refractivity contribution < 1.29 is 14.3 Å². The highest BCUT2D eigenvalue weighted by Gasteiger charge is 2.63. The number of Topliss-reactive ketones (excluding diaryl/α,β-unsaturated/α-hetero) is 1. The lowest BCUT2D eigenvalue weighted by molar-refractivity contribution is -0.165. The van der Waals surface area contributed by atoms with Gasteiger partial charge in [0.05, 0.1) is 5.60 Å². The van der Waals surface area contributed by atoms with E-state index in [0.717, 1.165) is 38.5 Å². The molecule has 4 aliphatic rings. The van der Waals surface area contributed by atoms with Crippen molar-refractivity contribution in [3.05, 3.63) is 0 Å². The van der Waals surface area contributed by atoms with Crippen molar-refractivity contribution in [2.75, 3.05) is 0 Å². The molecule has 0 aromatic carbocycles. The van der Waals surface area contributed by atoms with Crippen molar-refractivity contribution in [1.82, 2.24) is 0 Å². The molecule has 4 aliphatic carbocycles. The van der Waals surface area contributed by atoms with Crippen molar-refractivity contribution in [3.63, 3.8) is 0 Å². The molecule has 2 unspecified atom stereocenters. The van der Waals surface area contributed by atoms with E-state index in [1.807, 2.05) is 14.8 Å². The molecular formula is C21H34BFO2. The molecule has 0 heterocycles. The van der Waals surface area contributed by atoms with Crippen molar-refractivity contribution in [1.29, 1.82) is 0 Å². The van der Waals surface area contributed by atoms with Gasteiger partial charge in [-0.25, -0.2) is 4.39 Å². The molecule has 4 rings (SSSR count). The number of carbonyl (C=O) groups excluding carboxylic acids is 1. The Labute approximate surface area is 152 Å². The molecule has 2 nitrogen and oxygen atoms in total. The third-order valence-corrected chi connectivity index (χ3v) is 9.05. The van der Waals surface area contributed by atoms with Crippen LogP contribution in [-0.4, -0.2) is 30.0 Å². The first-order valence-electron chi connectivity index (χ1n) is 10.7. The highest BCUT2D eigenvalue weighted by atomic mass is 19.1.